The number of nitro benzene ring substituents is 1. The van der Waals surface area contributed by atoms with Crippen LogP contribution in [0, 0.1) is 16.0 Å². The van der Waals surface area contributed by atoms with Gasteiger partial charge in [-0.1, -0.05) is 12.1 Å². The summed E-state index contributed by atoms with van der Waals surface area (Å²) >= 11 is 0. The van der Waals surface area contributed by atoms with Crippen LogP contribution in [0.15, 0.2) is 58.9 Å². The predicted octanol–water partition coefficient (Wildman–Crippen LogP) is 2.96. The molecule has 1 aromatic carbocycles. The third-order valence-corrected chi connectivity index (χ3v) is 5.42. The summed E-state index contributed by atoms with van der Waals surface area (Å²) in [6.45, 7) is 5.07. The fourth-order valence-corrected chi connectivity index (χ4v) is 3.98. The second-order valence-corrected chi connectivity index (χ2v) is 7.51. The molecule has 1 aliphatic rings. The maximum atomic E-state index is 13.5. The van der Waals surface area contributed by atoms with Crippen molar-refractivity contribution < 1.29 is 28.8 Å². The Kier molecular flexibility index (Phi) is 7.24. The number of amides is 1. The molecule has 1 amide bonds. The van der Waals surface area contributed by atoms with Gasteiger partial charge in [0.1, 0.15) is 11.6 Å². The van der Waals surface area contributed by atoms with Crippen molar-refractivity contribution in [3.63, 3.8) is 0 Å². The van der Waals surface area contributed by atoms with E-state index in [0.717, 1.165) is 0 Å². The zero-order valence-corrected chi connectivity index (χ0v) is 19.1. The van der Waals surface area contributed by atoms with Gasteiger partial charge in [-0.05, 0) is 38.5 Å². The molecule has 0 saturated heterocycles. The van der Waals surface area contributed by atoms with E-state index in [2.05, 4.69) is 10.4 Å². The first-order chi connectivity index (χ1) is 16.2. The van der Waals surface area contributed by atoms with Gasteiger partial charge in [0.15, 0.2) is 0 Å². The molecule has 2 atom stereocenters. The van der Waals surface area contributed by atoms with Crippen LogP contribution >= 0.6 is 0 Å². The highest BCUT2D eigenvalue weighted by Crippen LogP contribution is 2.40. The third-order valence-electron chi connectivity index (χ3n) is 5.42. The average molecular weight is 468 g/mol. The summed E-state index contributed by atoms with van der Waals surface area (Å²) < 4.78 is 11.2. The molecule has 34 heavy (non-hydrogen) atoms. The normalized spacial score (nSPS) is 17.6. The van der Waals surface area contributed by atoms with E-state index in [4.69, 9.17) is 9.47 Å². The molecule has 2 unspecified atom stereocenters. The lowest BCUT2D eigenvalue weighted by Crippen LogP contribution is -2.38. The molecule has 1 N–H and O–H groups in total. The number of hydrogen-bond acceptors (Lipinski definition) is 8. The molecule has 0 aliphatic carbocycles. The van der Waals surface area contributed by atoms with E-state index in [1.54, 1.807) is 32.9 Å². The van der Waals surface area contributed by atoms with Gasteiger partial charge >= 0.3 is 11.9 Å². The zero-order valence-electron chi connectivity index (χ0n) is 19.1. The molecule has 2 heterocycles. The molecule has 2 aromatic rings. The summed E-state index contributed by atoms with van der Waals surface area (Å²) in [6.07, 6.45) is 1.47. The zero-order chi connectivity index (χ0) is 25.0. The lowest BCUT2D eigenvalue weighted by molar-refractivity contribution is -0.384. The molecule has 11 nitrogen and oxygen atoms in total. The van der Waals surface area contributed by atoms with Gasteiger partial charge < -0.3 is 9.47 Å². The first-order valence-electron chi connectivity index (χ1n) is 10.4. The number of aliphatic imine (C=N–C) groups is 1. The summed E-state index contributed by atoms with van der Waals surface area (Å²) in [7, 11) is 1.22. The largest absolute Gasteiger partial charge is 0.468 e. The minimum absolute atomic E-state index is 0.0976. The summed E-state index contributed by atoms with van der Waals surface area (Å²) in [5.41, 5.74) is 3.76. The Bertz CT molecular complexity index is 1210. The van der Waals surface area contributed by atoms with E-state index < -0.39 is 34.6 Å². The van der Waals surface area contributed by atoms with E-state index >= 15 is 0 Å². The number of carbonyl (C=O) groups excluding carboxylic acids is 3. The molecular formula is C23H24N4O7. The highest BCUT2D eigenvalue weighted by Gasteiger charge is 2.42. The number of esters is 2. The quantitative estimate of drug-likeness (QED) is 0.374. The Balaban J connectivity index is 2.10. The molecule has 11 heteroatoms. The first kappa shape index (κ1) is 24.4. The Labute approximate surface area is 195 Å². The van der Waals surface area contributed by atoms with Gasteiger partial charge in [0, 0.05) is 41.2 Å². The third kappa shape index (κ3) is 4.72. The SMILES string of the molecule is CCOC(=O)c1cccn1NC(=O)C1=C(C)N=C(C)C(C(=O)OC)C1c1cccc([N+](=O)[O-])c1. The van der Waals surface area contributed by atoms with E-state index in [1.807, 2.05) is 0 Å². The van der Waals surface area contributed by atoms with Gasteiger partial charge in [0.2, 0.25) is 0 Å². The van der Waals surface area contributed by atoms with Crippen molar-refractivity contribution in [2.45, 2.75) is 26.7 Å². The molecule has 0 saturated carbocycles. The maximum Gasteiger partial charge on any atom is 0.356 e. The summed E-state index contributed by atoms with van der Waals surface area (Å²) in [6, 6.07) is 8.77. The van der Waals surface area contributed by atoms with Crippen LogP contribution in [0.25, 0.3) is 0 Å². The molecular weight excluding hydrogens is 444 g/mol. The summed E-state index contributed by atoms with van der Waals surface area (Å²) in [5, 5.41) is 11.4. The van der Waals surface area contributed by atoms with Crippen LogP contribution in [-0.4, -0.2) is 46.9 Å². The highest BCUT2D eigenvalue weighted by molar-refractivity contribution is 6.09. The molecule has 0 bridgehead atoms. The van der Waals surface area contributed by atoms with Crippen LogP contribution in [-0.2, 0) is 19.1 Å². The number of nitrogens with one attached hydrogen (secondary N) is 1. The Morgan fingerprint density at radius 1 is 1.21 bits per heavy atom. The van der Waals surface area contributed by atoms with Crippen LogP contribution in [0.5, 0.6) is 0 Å². The average Bonchev–Trinajstić information content (AvgIpc) is 3.26. The van der Waals surface area contributed by atoms with Crippen LogP contribution in [0.2, 0.25) is 0 Å². The van der Waals surface area contributed by atoms with E-state index in [1.165, 1.54) is 42.2 Å². The first-order valence-corrected chi connectivity index (χ1v) is 10.4. The van der Waals surface area contributed by atoms with Gasteiger partial charge in [0.25, 0.3) is 11.6 Å². The van der Waals surface area contributed by atoms with Crippen molar-refractivity contribution in [3.05, 3.63) is 75.2 Å². The van der Waals surface area contributed by atoms with Crippen molar-refractivity contribution in [1.29, 1.82) is 0 Å². The summed E-state index contributed by atoms with van der Waals surface area (Å²) in [5.74, 6) is -3.79. The van der Waals surface area contributed by atoms with Gasteiger partial charge in [-0.3, -0.25) is 34.8 Å². The number of ether oxygens (including phenoxy) is 2. The van der Waals surface area contributed by atoms with Crippen molar-refractivity contribution in [2.24, 2.45) is 10.9 Å². The minimum Gasteiger partial charge on any atom is -0.468 e. The van der Waals surface area contributed by atoms with Gasteiger partial charge in [-0.25, -0.2) is 4.79 Å². The van der Waals surface area contributed by atoms with Gasteiger partial charge in [-0.2, -0.15) is 0 Å². The lowest BCUT2D eigenvalue weighted by atomic mass is 9.75. The maximum absolute atomic E-state index is 13.5. The topological polar surface area (TPSA) is 142 Å². The summed E-state index contributed by atoms with van der Waals surface area (Å²) in [4.78, 5) is 53.6. The Hall–Kier alpha value is -4.28. The molecule has 0 fully saturated rings. The van der Waals surface area contributed by atoms with Crippen molar-refractivity contribution in [3.8, 4) is 0 Å². The lowest BCUT2D eigenvalue weighted by Gasteiger charge is -2.31. The van der Waals surface area contributed by atoms with E-state index in [0.29, 0.717) is 17.0 Å². The smallest absolute Gasteiger partial charge is 0.356 e. The Morgan fingerprint density at radius 3 is 2.59 bits per heavy atom. The fourth-order valence-electron chi connectivity index (χ4n) is 3.98. The number of nitrogens with zero attached hydrogens (tertiary/aromatic N) is 3. The number of allylic oxidation sites excluding steroid dienone is 1. The molecule has 0 radical (unpaired) electrons. The van der Waals surface area contributed by atoms with Crippen LogP contribution < -0.4 is 5.43 Å². The number of aromatic nitrogens is 1. The number of carbonyl (C=O) groups is 3. The number of nitro groups is 1. The van der Waals surface area contributed by atoms with Crippen LogP contribution in [0.1, 0.15) is 42.7 Å². The molecule has 1 aliphatic heterocycles. The van der Waals surface area contributed by atoms with Crippen LogP contribution in [0.3, 0.4) is 0 Å². The van der Waals surface area contributed by atoms with E-state index in [9.17, 15) is 24.5 Å². The molecule has 0 spiro atoms. The standard InChI is InChI=1S/C23H24N4O7/c1-5-34-22(29)17-10-7-11-26(17)25-21(28)18-13(2)24-14(3)19(23(30)33-4)20(18)15-8-6-9-16(12-15)27(31)32/h6-12,19-20H,5H2,1-4H3,(H,25,28). The second-order valence-electron chi connectivity index (χ2n) is 7.51. The monoisotopic (exact) mass is 468 g/mol. The van der Waals surface area contributed by atoms with Crippen molar-refractivity contribution in [1.82, 2.24) is 4.68 Å². The number of hydrogen-bond donors (Lipinski definition) is 1. The molecule has 3 rings (SSSR count). The van der Waals surface area contributed by atoms with Gasteiger partial charge in [0.05, 0.1) is 18.6 Å². The highest BCUT2D eigenvalue weighted by atomic mass is 16.6. The molecule has 1 aromatic heterocycles. The van der Waals surface area contributed by atoms with Crippen molar-refractivity contribution in [2.75, 3.05) is 19.1 Å². The Morgan fingerprint density at radius 2 is 1.94 bits per heavy atom. The number of methoxy groups -OCH3 is 1. The fraction of sp³-hybridized carbons (Fsp3) is 0.304. The number of benzene rings is 1. The van der Waals surface area contributed by atoms with Gasteiger partial charge in [-0.15, -0.1) is 0 Å². The number of rotatable bonds is 7. The second kappa shape index (κ2) is 10.1. The number of non-ortho nitro benzene ring substituents is 1. The predicted molar refractivity (Wildman–Crippen MR) is 122 cm³/mol. The van der Waals surface area contributed by atoms with E-state index in [-0.39, 0.29) is 23.6 Å². The minimum atomic E-state index is -0.981. The molecule has 178 valence electrons. The van der Waals surface area contributed by atoms with Crippen molar-refractivity contribution >= 4 is 29.2 Å². The van der Waals surface area contributed by atoms with Crippen LogP contribution in [0.4, 0.5) is 5.69 Å².